The second-order valence-corrected chi connectivity index (χ2v) is 15.6. The molecule has 1 aliphatic rings. The van der Waals surface area contributed by atoms with Crippen molar-refractivity contribution in [3.05, 3.63) is 101 Å². The zero-order chi connectivity index (χ0) is 26.5. The molecule has 1 heterocycles. The zero-order valence-corrected chi connectivity index (χ0v) is 23.0. The summed E-state index contributed by atoms with van der Waals surface area (Å²) in [6.45, 7) is 6.61. The van der Waals surface area contributed by atoms with Crippen LogP contribution in [0.3, 0.4) is 0 Å². The van der Waals surface area contributed by atoms with Crippen LogP contribution in [0, 0.1) is 0 Å². The lowest BCUT2D eigenvalue weighted by Crippen LogP contribution is -2.68. The fraction of sp³-hybridized carbons (Fsp3) is 0.357. The van der Waals surface area contributed by atoms with Gasteiger partial charge in [0.25, 0.3) is 8.32 Å². The molecule has 1 fully saturated rings. The highest BCUT2D eigenvalue weighted by Gasteiger charge is 2.52. The maximum atomic E-state index is 11.0. The molecule has 194 valence electrons. The first-order chi connectivity index (χ1) is 17.8. The molecule has 0 aliphatic carbocycles. The van der Waals surface area contributed by atoms with Gasteiger partial charge in [-0.25, -0.2) is 0 Å². The van der Waals surface area contributed by atoms with Gasteiger partial charge in [0.05, 0.1) is 12.7 Å². The molecule has 3 aromatic rings. The molecular weight excluding hydrogens is 502 g/mol. The standard InChI is InChI=1S/C28H33N3O4SSi/c1-28(2,3)37(21-15-9-5-10-16-21,22-17-11-6-12-18-22)34-19-23-25(32)26(33)24(30-31-29)27(35-23)36-20-13-7-4-8-14-20/h4-18,23-27,32-33H,19H2,1-3H3/t23-,24-,25-,26-,27?/m1/s1. The van der Waals surface area contributed by atoms with E-state index in [1.807, 2.05) is 66.7 Å². The molecule has 0 bridgehead atoms. The number of aliphatic hydroxyl groups is 2. The lowest BCUT2D eigenvalue weighted by molar-refractivity contribution is -0.164. The predicted molar refractivity (Wildman–Crippen MR) is 149 cm³/mol. The summed E-state index contributed by atoms with van der Waals surface area (Å²) in [4.78, 5) is 3.80. The van der Waals surface area contributed by atoms with Gasteiger partial charge >= 0.3 is 0 Å². The second-order valence-electron chi connectivity index (χ2n) is 10.1. The highest BCUT2D eigenvalue weighted by molar-refractivity contribution is 7.99. The number of aliphatic hydroxyl groups excluding tert-OH is 2. The van der Waals surface area contributed by atoms with E-state index in [1.54, 1.807) is 0 Å². The summed E-state index contributed by atoms with van der Waals surface area (Å²) < 4.78 is 13.3. The van der Waals surface area contributed by atoms with E-state index in [1.165, 1.54) is 11.8 Å². The molecule has 0 aromatic heterocycles. The molecule has 1 saturated heterocycles. The molecule has 1 unspecified atom stereocenters. The fourth-order valence-electron chi connectivity index (χ4n) is 4.94. The van der Waals surface area contributed by atoms with Crippen molar-refractivity contribution >= 4 is 30.5 Å². The van der Waals surface area contributed by atoms with Crippen LogP contribution < -0.4 is 10.4 Å². The van der Waals surface area contributed by atoms with Crippen LogP contribution in [0.4, 0.5) is 0 Å². The number of ether oxygens (including phenoxy) is 1. The Morgan fingerprint density at radius 3 is 1.89 bits per heavy atom. The Balaban J connectivity index is 1.68. The van der Waals surface area contributed by atoms with Crippen molar-refractivity contribution in [3.8, 4) is 0 Å². The van der Waals surface area contributed by atoms with E-state index in [0.29, 0.717) is 0 Å². The van der Waals surface area contributed by atoms with Crippen molar-refractivity contribution in [2.24, 2.45) is 5.11 Å². The number of hydrogen-bond donors (Lipinski definition) is 2. The normalized spacial score (nSPS) is 24.3. The molecule has 0 spiro atoms. The molecule has 37 heavy (non-hydrogen) atoms. The molecule has 2 N–H and O–H groups in total. The SMILES string of the molecule is CC(C)(C)[Si](OC[C@H]1OC(Sc2ccccc2)[C@H](N=[N+]=[N-])[C@@H](O)[C@@H]1O)(c1ccccc1)c1ccccc1. The van der Waals surface area contributed by atoms with E-state index in [-0.39, 0.29) is 11.6 Å². The highest BCUT2D eigenvalue weighted by Crippen LogP contribution is 2.39. The van der Waals surface area contributed by atoms with Crippen molar-refractivity contribution in [2.75, 3.05) is 6.61 Å². The quantitative estimate of drug-likeness (QED) is 0.191. The van der Waals surface area contributed by atoms with Crippen LogP contribution >= 0.6 is 11.8 Å². The topological polar surface area (TPSA) is 108 Å². The van der Waals surface area contributed by atoms with Crippen molar-refractivity contribution in [2.45, 2.75) is 60.5 Å². The van der Waals surface area contributed by atoms with E-state index in [2.05, 4.69) is 55.1 Å². The summed E-state index contributed by atoms with van der Waals surface area (Å²) in [5.74, 6) is 0. The predicted octanol–water partition coefficient (Wildman–Crippen LogP) is 4.48. The van der Waals surface area contributed by atoms with Crippen molar-refractivity contribution in [3.63, 3.8) is 0 Å². The minimum atomic E-state index is -2.87. The molecular formula is C28H33N3O4SSi. The van der Waals surface area contributed by atoms with Gasteiger partial charge in [0.1, 0.15) is 23.7 Å². The Bertz CT molecular complexity index is 1150. The molecule has 0 amide bonds. The molecule has 0 radical (unpaired) electrons. The number of thioether (sulfide) groups is 1. The summed E-state index contributed by atoms with van der Waals surface area (Å²) in [7, 11) is -2.87. The molecule has 1 aliphatic heterocycles. The van der Waals surface area contributed by atoms with E-state index in [0.717, 1.165) is 15.3 Å². The lowest BCUT2D eigenvalue weighted by Gasteiger charge is -2.46. The third-order valence-corrected chi connectivity index (χ3v) is 12.9. The lowest BCUT2D eigenvalue weighted by atomic mass is 9.99. The molecule has 0 saturated carbocycles. The van der Waals surface area contributed by atoms with Gasteiger partial charge < -0.3 is 19.4 Å². The first-order valence-electron chi connectivity index (χ1n) is 12.3. The first-order valence-corrected chi connectivity index (χ1v) is 15.1. The Kier molecular flexibility index (Phi) is 8.77. The van der Waals surface area contributed by atoms with Crippen molar-refractivity contribution < 1.29 is 19.4 Å². The van der Waals surface area contributed by atoms with Gasteiger partial charge in [-0.15, -0.1) is 0 Å². The van der Waals surface area contributed by atoms with Gasteiger partial charge in [0.2, 0.25) is 0 Å². The molecule has 9 heteroatoms. The minimum absolute atomic E-state index is 0.0698. The summed E-state index contributed by atoms with van der Waals surface area (Å²) in [5, 5.41) is 27.7. The molecule has 5 atom stereocenters. The Morgan fingerprint density at radius 1 is 0.892 bits per heavy atom. The Labute approximate surface area is 223 Å². The van der Waals surface area contributed by atoms with Gasteiger partial charge in [-0.1, -0.05) is 117 Å². The smallest absolute Gasteiger partial charge is 0.261 e. The largest absolute Gasteiger partial charge is 0.405 e. The van der Waals surface area contributed by atoms with Crippen LogP contribution in [-0.4, -0.2) is 54.9 Å². The molecule has 4 rings (SSSR count). The first kappa shape index (κ1) is 27.4. The van der Waals surface area contributed by atoms with Crippen LogP contribution in [0.2, 0.25) is 5.04 Å². The molecule has 7 nitrogen and oxygen atoms in total. The third-order valence-electron chi connectivity index (χ3n) is 6.73. The van der Waals surface area contributed by atoms with Crippen molar-refractivity contribution in [1.82, 2.24) is 0 Å². The van der Waals surface area contributed by atoms with Gasteiger partial charge in [-0.2, -0.15) is 0 Å². The number of hydrogen-bond acceptors (Lipinski definition) is 6. The number of nitrogens with zero attached hydrogens (tertiary/aromatic N) is 3. The van der Waals surface area contributed by atoms with Crippen LogP contribution in [0.25, 0.3) is 10.4 Å². The van der Waals surface area contributed by atoms with Crippen LogP contribution in [-0.2, 0) is 9.16 Å². The van der Waals surface area contributed by atoms with Gasteiger partial charge in [0, 0.05) is 9.81 Å². The summed E-state index contributed by atoms with van der Waals surface area (Å²) in [5.41, 5.74) is 8.42. The van der Waals surface area contributed by atoms with E-state index in [4.69, 9.17) is 14.7 Å². The van der Waals surface area contributed by atoms with E-state index >= 15 is 0 Å². The number of rotatable bonds is 8. The van der Waals surface area contributed by atoms with Crippen molar-refractivity contribution in [1.29, 1.82) is 0 Å². The van der Waals surface area contributed by atoms with Crippen LogP contribution in [0.1, 0.15) is 20.8 Å². The van der Waals surface area contributed by atoms with E-state index in [9.17, 15) is 10.2 Å². The average molecular weight is 536 g/mol. The highest BCUT2D eigenvalue weighted by atomic mass is 32.2. The van der Waals surface area contributed by atoms with Crippen LogP contribution in [0.15, 0.2) is 101 Å². The number of benzene rings is 3. The van der Waals surface area contributed by atoms with E-state index < -0.39 is 38.1 Å². The summed E-state index contributed by atoms with van der Waals surface area (Å²) in [6, 6.07) is 29.1. The Hall–Kier alpha value is -2.62. The van der Waals surface area contributed by atoms with Gasteiger partial charge in [-0.3, -0.25) is 0 Å². The molecule has 3 aromatic carbocycles. The monoisotopic (exact) mass is 535 g/mol. The third kappa shape index (κ3) is 5.78. The minimum Gasteiger partial charge on any atom is -0.405 e. The number of azide groups is 1. The van der Waals surface area contributed by atoms with Crippen LogP contribution in [0.5, 0.6) is 0 Å². The fourth-order valence-corrected chi connectivity index (χ4v) is 10.6. The van der Waals surface area contributed by atoms with Gasteiger partial charge in [0.15, 0.2) is 0 Å². The second kappa shape index (κ2) is 11.8. The summed E-state index contributed by atoms with van der Waals surface area (Å²) >= 11 is 1.35. The summed E-state index contributed by atoms with van der Waals surface area (Å²) in [6.07, 6.45) is -3.39. The maximum Gasteiger partial charge on any atom is 0.261 e. The Morgan fingerprint density at radius 2 is 1.41 bits per heavy atom. The maximum absolute atomic E-state index is 11.0. The average Bonchev–Trinajstić information content (AvgIpc) is 2.90. The van der Waals surface area contributed by atoms with Gasteiger partial charge in [-0.05, 0) is 33.1 Å². The zero-order valence-electron chi connectivity index (χ0n) is 21.2.